The van der Waals surface area contributed by atoms with Crippen molar-refractivity contribution in [2.24, 2.45) is 5.73 Å². The third kappa shape index (κ3) is 4.17. The van der Waals surface area contributed by atoms with E-state index in [9.17, 15) is 18.3 Å². The smallest absolute Gasteiger partial charge is 0.317 e. The fourth-order valence-electron chi connectivity index (χ4n) is 2.71. The number of sulfonamides is 1. The van der Waals surface area contributed by atoms with Gasteiger partial charge in [0.15, 0.2) is 5.13 Å². The average molecular weight is 438 g/mol. The second-order valence-electron chi connectivity index (χ2n) is 5.79. The Bertz CT molecular complexity index is 1100. The number of thiazole rings is 1. The molecule has 0 amide bonds. The summed E-state index contributed by atoms with van der Waals surface area (Å²) in [5, 5.41) is 11.4. The Kier molecular flexibility index (Phi) is 5.99. The molecule has 0 bridgehead atoms. The summed E-state index contributed by atoms with van der Waals surface area (Å²) in [7, 11) is -3.99. The normalized spacial score (nSPS) is 12.5. The van der Waals surface area contributed by atoms with Gasteiger partial charge in [0.1, 0.15) is 5.92 Å². The van der Waals surface area contributed by atoms with Gasteiger partial charge in [0.25, 0.3) is 10.0 Å². The van der Waals surface area contributed by atoms with Crippen molar-refractivity contribution in [3.05, 3.63) is 75.8 Å². The van der Waals surface area contributed by atoms with E-state index in [0.717, 1.165) is 11.3 Å². The van der Waals surface area contributed by atoms with Crippen LogP contribution >= 0.6 is 22.9 Å². The molecule has 2 aromatic carbocycles. The molecule has 0 fully saturated rings. The SMILES string of the molecule is NCc1c(Cl)cccc1S(=O)(=O)Nc1nc(C(C(=O)O)c2ccccc2)cs1. The van der Waals surface area contributed by atoms with Gasteiger partial charge in [0.2, 0.25) is 0 Å². The van der Waals surface area contributed by atoms with Gasteiger partial charge < -0.3 is 10.8 Å². The molecule has 0 aliphatic carbocycles. The lowest BCUT2D eigenvalue weighted by Crippen LogP contribution is -2.17. The predicted octanol–water partition coefficient (Wildman–Crippen LogP) is 3.27. The number of carbonyl (C=O) groups is 1. The Hall–Kier alpha value is -2.46. The second-order valence-corrected chi connectivity index (χ2v) is 8.70. The van der Waals surface area contributed by atoms with Crippen molar-refractivity contribution < 1.29 is 18.3 Å². The molecule has 0 spiro atoms. The minimum Gasteiger partial charge on any atom is -0.480 e. The van der Waals surface area contributed by atoms with Gasteiger partial charge in [-0.3, -0.25) is 9.52 Å². The van der Waals surface area contributed by atoms with E-state index in [4.69, 9.17) is 17.3 Å². The zero-order valence-electron chi connectivity index (χ0n) is 14.4. The molecule has 1 unspecified atom stereocenters. The van der Waals surface area contributed by atoms with E-state index in [1.807, 2.05) is 0 Å². The number of carboxylic acids is 1. The van der Waals surface area contributed by atoms with Gasteiger partial charge in [0.05, 0.1) is 10.6 Å². The van der Waals surface area contributed by atoms with E-state index in [-0.39, 0.29) is 27.3 Å². The summed E-state index contributed by atoms with van der Waals surface area (Å²) in [6.07, 6.45) is 0. The third-order valence-electron chi connectivity index (χ3n) is 3.99. The summed E-state index contributed by atoms with van der Waals surface area (Å²) >= 11 is 7.04. The van der Waals surface area contributed by atoms with Crippen LogP contribution in [-0.2, 0) is 21.4 Å². The van der Waals surface area contributed by atoms with E-state index >= 15 is 0 Å². The number of aromatic nitrogens is 1. The molecule has 0 saturated carbocycles. The van der Waals surface area contributed by atoms with Crippen LogP contribution in [0.25, 0.3) is 0 Å². The molecule has 1 aromatic heterocycles. The largest absolute Gasteiger partial charge is 0.480 e. The lowest BCUT2D eigenvalue weighted by Gasteiger charge is -2.11. The zero-order chi connectivity index (χ0) is 20.3. The van der Waals surface area contributed by atoms with Gasteiger partial charge in [-0.1, -0.05) is 48.0 Å². The van der Waals surface area contributed by atoms with E-state index in [0.29, 0.717) is 11.1 Å². The average Bonchev–Trinajstić information content (AvgIpc) is 3.09. The Labute approximate surface area is 170 Å². The fraction of sp³-hybridized carbons (Fsp3) is 0.111. The molecule has 1 heterocycles. The summed E-state index contributed by atoms with van der Waals surface area (Å²) in [6, 6.07) is 13.1. The van der Waals surface area contributed by atoms with Gasteiger partial charge in [-0.25, -0.2) is 13.4 Å². The van der Waals surface area contributed by atoms with Crippen molar-refractivity contribution in [3.8, 4) is 0 Å². The van der Waals surface area contributed by atoms with Crippen molar-refractivity contribution in [1.29, 1.82) is 0 Å². The van der Waals surface area contributed by atoms with Crippen LogP contribution in [-0.4, -0.2) is 24.5 Å². The van der Waals surface area contributed by atoms with Crippen LogP contribution in [0.2, 0.25) is 5.02 Å². The first-order valence-electron chi connectivity index (χ1n) is 8.07. The predicted molar refractivity (Wildman–Crippen MR) is 108 cm³/mol. The first-order chi connectivity index (χ1) is 13.3. The number of nitrogens with two attached hydrogens (primary N) is 1. The highest BCUT2D eigenvalue weighted by Crippen LogP contribution is 2.30. The molecule has 0 aliphatic rings. The van der Waals surface area contributed by atoms with Crippen molar-refractivity contribution >= 4 is 44.1 Å². The highest BCUT2D eigenvalue weighted by Gasteiger charge is 2.26. The van der Waals surface area contributed by atoms with Crippen molar-refractivity contribution in [1.82, 2.24) is 4.98 Å². The number of hydrogen-bond donors (Lipinski definition) is 3. The summed E-state index contributed by atoms with van der Waals surface area (Å²) < 4.78 is 27.9. The summed E-state index contributed by atoms with van der Waals surface area (Å²) in [5.41, 5.74) is 6.71. The number of nitrogens with one attached hydrogen (secondary N) is 1. The number of hydrogen-bond acceptors (Lipinski definition) is 6. The topological polar surface area (TPSA) is 122 Å². The monoisotopic (exact) mass is 437 g/mol. The first kappa shape index (κ1) is 20.3. The molecule has 3 rings (SSSR count). The van der Waals surface area contributed by atoms with Gasteiger partial charge in [-0.2, -0.15) is 0 Å². The van der Waals surface area contributed by atoms with Crippen LogP contribution < -0.4 is 10.5 Å². The van der Waals surface area contributed by atoms with Gasteiger partial charge in [-0.15, -0.1) is 11.3 Å². The molecule has 0 saturated heterocycles. The van der Waals surface area contributed by atoms with Crippen LogP contribution in [0.4, 0.5) is 5.13 Å². The van der Waals surface area contributed by atoms with E-state index < -0.39 is 21.9 Å². The van der Waals surface area contributed by atoms with Crippen LogP contribution in [0.3, 0.4) is 0 Å². The summed E-state index contributed by atoms with van der Waals surface area (Å²) in [4.78, 5) is 15.9. The zero-order valence-corrected chi connectivity index (χ0v) is 16.8. The number of nitrogens with zero attached hydrogens (tertiary/aromatic N) is 1. The second kappa shape index (κ2) is 8.27. The Balaban J connectivity index is 1.92. The maximum Gasteiger partial charge on any atom is 0.317 e. The molecule has 146 valence electrons. The highest BCUT2D eigenvalue weighted by molar-refractivity contribution is 7.93. The number of aliphatic carboxylic acids is 1. The minimum absolute atomic E-state index is 0.0444. The lowest BCUT2D eigenvalue weighted by atomic mass is 9.97. The molecule has 1 atom stereocenters. The Morgan fingerprint density at radius 2 is 1.93 bits per heavy atom. The van der Waals surface area contributed by atoms with Gasteiger partial charge in [-0.05, 0) is 17.7 Å². The van der Waals surface area contributed by atoms with Crippen LogP contribution in [0.5, 0.6) is 0 Å². The molecule has 28 heavy (non-hydrogen) atoms. The summed E-state index contributed by atoms with van der Waals surface area (Å²) in [6.45, 7) is -0.0475. The molecule has 7 nitrogen and oxygen atoms in total. The number of carboxylic acid groups (broad SMARTS) is 1. The Morgan fingerprint density at radius 1 is 1.21 bits per heavy atom. The van der Waals surface area contributed by atoms with E-state index in [1.54, 1.807) is 36.4 Å². The van der Waals surface area contributed by atoms with E-state index in [1.165, 1.54) is 17.5 Å². The fourth-order valence-corrected chi connectivity index (χ4v) is 5.28. The van der Waals surface area contributed by atoms with E-state index in [2.05, 4.69) is 9.71 Å². The van der Waals surface area contributed by atoms with Gasteiger partial charge in [0, 0.05) is 22.5 Å². The van der Waals surface area contributed by atoms with Crippen molar-refractivity contribution in [3.63, 3.8) is 0 Å². The number of anilines is 1. The highest BCUT2D eigenvalue weighted by atomic mass is 35.5. The maximum absolute atomic E-state index is 12.7. The molecule has 10 heteroatoms. The number of benzene rings is 2. The molecule has 0 radical (unpaired) electrons. The maximum atomic E-state index is 12.7. The molecular weight excluding hydrogens is 422 g/mol. The Morgan fingerprint density at radius 3 is 2.57 bits per heavy atom. The third-order valence-corrected chi connectivity index (χ3v) is 6.67. The quantitative estimate of drug-likeness (QED) is 0.521. The van der Waals surface area contributed by atoms with Crippen LogP contribution in [0.15, 0.2) is 58.8 Å². The first-order valence-corrected chi connectivity index (χ1v) is 10.8. The van der Waals surface area contributed by atoms with Crippen molar-refractivity contribution in [2.75, 3.05) is 4.72 Å². The molecule has 4 N–H and O–H groups in total. The summed E-state index contributed by atoms with van der Waals surface area (Å²) in [5.74, 6) is -2.08. The van der Waals surface area contributed by atoms with Crippen LogP contribution in [0.1, 0.15) is 22.7 Å². The molecule has 3 aromatic rings. The van der Waals surface area contributed by atoms with Crippen molar-refractivity contribution in [2.45, 2.75) is 17.4 Å². The molecular formula is C18H16ClN3O4S2. The van der Waals surface area contributed by atoms with Crippen LogP contribution in [0, 0.1) is 0 Å². The minimum atomic E-state index is -3.99. The molecule has 0 aliphatic heterocycles. The lowest BCUT2D eigenvalue weighted by molar-refractivity contribution is -0.137. The standard InChI is InChI=1S/C18H16ClN3O4S2/c19-13-7-4-8-15(12(13)9-20)28(25,26)22-18-21-14(10-27-18)16(17(23)24)11-5-2-1-3-6-11/h1-8,10,16H,9,20H2,(H,21,22)(H,23,24). The number of rotatable bonds is 7. The van der Waals surface area contributed by atoms with Gasteiger partial charge >= 0.3 is 5.97 Å². The number of halogens is 1.